The number of nitrogens with two attached hydrogens (primary N) is 1. The predicted molar refractivity (Wildman–Crippen MR) is 79.4 cm³/mol. The van der Waals surface area contributed by atoms with Gasteiger partial charge in [-0.15, -0.1) is 0 Å². The Hall–Kier alpha value is -2.07. The van der Waals surface area contributed by atoms with Crippen LogP contribution in [0.4, 0.5) is 10.1 Å². The van der Waals surface area contributed by atoms with Crippen molar-refractivity contribution < 1.29 is 9.13 Å². The second kappa shape index (κ2) is 6.39. The Morgan fingerprint density at radius 1 is 1.20 bits per heavy atom. The van der Waals surface area contributed by atoms with E-state index in [-0.39, 0.29) is 5.82 Å². The Labute approximate surface area is 118 Å². The molecule has 0 saturated carbocycles. The number of halogens is 1. The van der Waals surface area contributed by atoms with Gasteiger partial charge in [-0.25, -0.2) is 4.39 Å². The molecule has 0 aliphatic carbocycles. The van der Waals surface area contributed by atoms with Gasteiger partial charge >= 0.3 is 0 Å². The quantitative estimate of drug-likeness (QED) is 0.911. The van der Waals surface area contributed by atoms with Gasteiger partial charge in [0.2, 0.25) is 0 Å². The van der Waals surface area contributed by atoms with Gasteiger partial charge in [0.1, 0.15) is 11.6 Å². The lowest BCUT2D eigenvalue weighted by atomic mass is 10.1. The highest BCUT2D eigenvalue weighted by atomic mass is 19.1. The highest BCUT2D eigenvalue weighted by molar-refractivity contribution is 5.48. The lowest BCUT2D eigenvalue weighted by molar-refractivity contribution is 0.410. The van der Waals surface area contributed by atoms with Gasteiger partial charge in [-0.3, -0.25) is 0 Å². The van der Waals surface area contributed by atoms with E-state index < -0.39 is 0 Å². The molecule has 0 amide bonds. The third kappa shape index (κ3) is 3.27. The van der Waals surface area contributed by atoms with Crippen LogP contribution in [0.15, 0.2) is 42.5 Å². The molecule has 2 N–H and O–H groups in total. The molecule has 0 saturated heterocycles. The molecule has 0 spiro atoms. The number of hydrogen-bond acceptors (Lipinski definition) is 3. The van der Waals surface area contributed by atoms with E-state index in [2.05, 4.69) is 0 Å². The third-order valence-corrected chi connectivity index (χ3v) is 3.25. The minimum atomic E-state index is -0.258. The van der Waals surface area contributed by atoms with Crippen molar-refractivity contribution in [1.82, 2.24) is 0 Å². The Balaban J connectivity index is 2.16. The van der Waals surface area contributed by atoms with Crippen LogP contribution in [0.25, 0.3) is 0 Å². The number of rotatable bonds is 5. The first-order valence-corrected chi connectivity index (χ1v) is 6.46. The number of nitrogens with zero attached hydrogens (tertiary/aromatic N) is 1. The molecule has 2 aromatic carbocycles. The highest BCUT2D eigenvalue weighted by Crippen LogP contribution is 2.21. The van der Waals surface area contributed by atoms with Crippen molar-refractivity contribution in [2.45, 2.75) is 13.1 Å². The van der Waals surface area contributed by atoms with E-state index >= 15 is 0 Å². The molecular weight excluding hydrogens is 255 g/mol. The zero-order valence-corrected chi connectivity index (χ0v) is 11.8. The maximum absolute atomic E-state index is 13.9. The number of hydrogen-bond donors (Lipinski definition) is 1. The molecule has 20 heavy (non-hydrogen) atoms. The predicted octanol–water partition coefficient (Wildman–Crippen LogP) is 2.93. The van der Waals surface area contributed by atoms with Crippen LogP contribution in [-0.4, -0.2) is 14.2 Å². The molecule has 0 aliphatic rings. The summed E-state index contributed by atoms with van der Waals surface area (Å²) in [6.07, 6.45) is 0. The third-order valence-electron chi connectivity index (χ3n) is 3.25. The number of methoxy groups -OCH3 is 1. The first-order chi connectivity index (χ1) is 9.63. The molecule has 0 aromatic heterocycles. The first kappa shape index (κ1) is 14.3. The van der Waals surface area contributed by atoms with Crippen molar-refractivity contribution in [1.29, 1.82) is 0 Å². The molecular formula is C16H19FN2O. The average molecular weight is 274 g/mol. The van der Waals surface area contributed by atoms with Gasteiger partial charge in [0, 0.05) is 37.5 Å². The standard InChI is InChI=1S/C16H19FN2O/c1-19(14-5-3-4-12(8-14)10-18)11-13-6-7-15(20-2)9-16(13)17/h3-9H,10-11,18H2,1-2H3. The van der Waals surface area contributed by atoms with E-state index in [0.717, 1.165) is 11.3 Å². The number of ether oxygens (including phenoxy) is 1. The van der Waals surface area contributed by atoms with Crippen LogP contribution in [0.3, 0.4) is 0 Å². The molecule has 0 fully saturated rings. The molecule has 3 nitrogen and oxygen atoms in total. The summed E-state index contributed by atoms with van der Waals surface area (Å²) in [6, 6.07) is 12.9. The van der Waals surface area contributed by atoms with Crippen LogP contribution >= 0.6 is 0 Å². The first-order valence-electron chi connectivity index (χ1n) is 6.46. The molecule has 0 aliphatic heterocycles. The molecule has 0 unspecified atom stereocenters. The lowest BCUT2D eigenvalue weighted by Crippen LogP contribution is -2.17. The molecule has 0 radical (unpaired) electrons. The minimum absolute atomic E-state index is 0.258. The molecule has 2 rings (SSSR count). The van der Waals surface area contributed by atoms with Gasteiger partial charge in [0.25, 0.3) is 0 Å². The summed E-state index contributed by atoms with van der Waals surface area (Å²) in [4.78, 5) is 1.99. The summed E-state index contributed by atoms with van der Waals surface area (Å²) in [5, 5.41) is 0. The van der Waals surface area contributed by atoms with Crippen LogP contribution < -0.4 is 15.4 Å². The monoisotopic (exact) mass is 274 g/mol. The Kier molecular flexibility index (Phi) is 4.58. The van der Waals surface area contributed by atoms with Crippen molar-refractivity contribution in [2.75, 3.05) is 19.1 Å². The van der Waals surface area contributed by atoms with E-state index in [1.165, 1.54) is 13.2 Å². The van der Waals surface area contributed by atoms with Gasteiger partial charge in [-0.2, -0.15) is 0 Å². The van der Waals surface area contributed by atoms with Crippen molar-refractivity contribution in [3.63, 3.8) is 0 Å². The van der Waals surface area contributed by atoms with Crippen LogP contribution in [-0.2, 0) is 13.1 Å². The maximum atomic E-state index is 13.9. The fourth-order valence-corrected chi connectivity index (χ4v) is 2.05. The topological polar surface area (TPSA) is 38.5 Å². The maximum Gasteiger partial charge on any atom is 0.131 e. The normalized spacial score (nSPS) is 10.4. The number of benzene rings is 2. The molecule has 0 atom stereocenters. The summed E-state index contributed by atoms with van der Waals surface area (Å²) in [5.74, 6) is 0.269. The van der Waals surface area contributed by atoms with Crippen LogP contribution in [0.5, 0.6) is 5.75 Å². The fourth-order valence-electron chi connectivity index (χ4n) is 2.05. The second-order valence-corrected chi connectivity index (χ2v) is 4.69. The Morgan fingerprint density at radius 2 is 2.00 bits per heavy atom. The van der Waals surface area contributed by atoms with Crippen molar-refractivity contribution >= 4 is 5.69 Å². The van der Waals surface area contributed by atoms with E-state index in [0.29, 0.717) is 24.4 Å². The molecule has 2 aromatic rings. The van der Waals surface area contributed by atoms with E-state index in [1.807, 2.05) is 36.2 Å². The second-order valence-electron chi connectivity index (χ2n) is 4.69. The minimum Gasteiger partial charge on any atom is -0.497 e. The van der Waals surface area contributed by atoms with Crippen molar-refractivity contribution in [3.8, 4) is 5.75 Å². The SMILES string of the molecule is COc1ccc(CN(C)c2cccc(CN)c2)c(F)c1. The summed E-state index contributed by atoms with van der Waals surface area (Å²) in [5.41, 5.74) is 8.34. The molecule has 106 valence electrons. The average Bonchev–Trinajstić information content (AvgIpc) is 2.49. The summed E-state index contributed by atoms with van der Waals surface area (Å²) in [6.45, 7) is 0.989. The van der Waals surface area contributed by atoms with Crippen LogP contribution in [0, 0.1) is 5.82 Å². The van der Waals surface area contributed by atoms with E-state index in [1.54, 1.807) is 12.1 Å². The van der Waals surface area contributed by atoms with E-state index in [4.69, 9.17) is 10.5 Å². The van der Waals surface area contributed by atoms with Crippen molar-refractivity contribution in [3.05, 3.63) is 59.4 Å². The summed E-state index contributed by atoms with van der Waals surface area (Å²) >= 11 is 0. The van der Waals surface area contributed by atoms with Crippen LogP contribution in [0.1, 0.15) is 11.1 Å². The van der Waals surface area contributed by atoms with Gasteiger partial charge in [-0.1, -0.05) is 18.2 Å². The van der Waals surface area contributed by atoms with Gasteiger partial charge < -0.3 is 15.4 Å². The Morgan fingerprint density at radius 3 is 2.65 bits per heavy atom. The highest BCUT2D eigenvalue weighted by Gasteiger charge is 2.08. The smallest absolute Gasteiger partial charge is 0.131 e. The van der Waals surface area contributed by atoms with Gasteiger partial charge in [0.15, 0.2) is 0 Å². The van der Waals surface area contributed by atoms with Gasteiger partial charge in [-0.05, 0) is 23.8 Å². The summed E-state index contributed by atoms with van der Waals surface area (Å²) < 4.78 is 18.9. The Bertz CT molecular complexity index is 586. The fraction of sp³-hybridized carbons (Fsp3) is 0.250. The zero-order chi connectivity index (χ0) is 14.5. The zero-order valence-electron chi connectivity index (χ0n) is 11.8. The summed E-state index contributed by atoms with van der Waals surface area (Å²) in [7, 11) is 3.46. The van der Waals surface area contributed by atoms with E-state index in [9.17, 15) is 4.39 Å². The lowest BCUT2D eigenvalue weighted by Gasteiger charge is -2.20. The van der Waals surface area contributed by atoms with Gasteiger partial charge in [0.05, 0.1) is 7.11 Å². The molecule has 4 heteroatoms. The van der Waals surface area contributed by atoms with Crippen molar-refractivity contribution in [2.24, 2.45) is 5.73 Å². The molecule has 0 heterocycles. The molecule has 0 bridgehead atoms. The number of anilines is 1. The van der Waals surface area contributed by atoms with Crippen LogP contribution in [0.2, 0.25) is 0 Å². The largest absolute Gasteiger partial charge is 0.497 e.